The van der Waals surface area contributed by atoms with Crippen molar-refractivity contribution in [3.8, 4) is 11.5 Å². The number of nitrogens with one attached hydrogen (secondary N) is 1. The number of rotatable bonds is 5. The molecule has 2 aromatic carbocycles. The zero-order chi connectivity index (χ0) is 21.1. The second-order valence-electron chi connectivity index (χ2n) is 7.96. The lowest BCUT2D eigenvalue weighted by molar-refractivity contribution is -0.134. The molecule has 6 heteroatoms. The van der Waals surface area contributed by atoms with E-state index in [1.807, 2.05) is 47.5 Å². The van der Waals surface area contributed by atoms with E-state index in [2.05, 4.69) is 35.3 Å². The number of carbonyl (C=O) groups excluding carboxylic acids is 1. The maximum Gasteiger partial charge on any atom is 0.246 e. The zero-order valence-corrected chi connectivity index (χ0v) is 17.8. The molecule has 30 heavy (non-hydrogen) atoms. The molecule has 1 saturated heterocycles. The third-order valence-corrected chi connectivity index (χ3v) is 6.23. The molecule has 1 N–H and O–H groups in total. The first-order valence-electron chi connectivity index (χ1n) is 10.3. The average molecular weight is 408 g/mol. The summed E-state index contributed by atoms with van der Waals surface area (Å²) in [5.74, 6) is 1.68. The van der Waals surface area contributed by atoms with E-state index in [1.54, 1.807) is 14.2 Å². The van der Waals surface area contributed by atoms with Gasteiger partial charge in [0, 0.05) is 55.5 Å². The van der Waals surface area contributed by atoms with Gasteiger partial charge in [-0.25, -0.2) is 0 Å². The van der Waals surface area contributed by atoms with Crippen LogP contribution in [0.2, 0.25) is 0 Å². The van der Waals surface area contributed by atoms with Crippen LogP contribution in [0.5, 0.6) is 11.5 Å². The molecule has 2 aliphatic rings. The number of amides is 1. The largest absolute Gasteiger partial charge is 0.497 e. The first-order chi connectivity index (χ1) is 14.5. The monoisotopic (exact) mass is 407 g/mol. The highest BCUT2D eigenvalue weighted by Gasteiger charge is 2.43. The predicted octanol–water partition coefficient (Wildman–Crippen LogP) is 2.80. The Hall–Kier alpha value is -3.15. The van der Waals surface area contributed by atoms with E-state index in [1.165, 1.54) is 0 Å². The molecule has 2 unspecified atom stereocenters. The van der Waals surface area contributed by atoms with Gasteiger partial charge in [-0.2, -0.15) is 0 Å². The van der Waals surface area contributed by atoms with Gasteiger partial charge in [0.1, 0.15) is 17.5 Å². The van der Waals surface area contributed by atoms with E-state index in [0.717, 1.165) is 35.8 Å². The Morgan fingerprint density at radius 3 is 2.23 bits per heavy atom. The van der Waals surface area contributed by atoms with Gasteiger partial charge in [0.25, 0.3) is 0 Å². The maximum absolute atomic E-state index is 13.4. The maximum atomic E-state index is 13.4. The van der Waals surface area contributed by atoms with E-state index in [0.29, 0.717) is 13.1 Å². The number of hydrogen-bond donors (Lipinski definition) is 1. The fourth-order valence-electron chi connectivity index (χ4n) is 4.32. The summed E-state index contributed by atoms with van der Waals surface area (Å²) in [7, 11) is 3.31. The molecule has 0 aliphatic carbocycles. The lowest BCUT2D eigenvalue weighted by Gasteiger charge is -2.40. The van der Waals surface area contributed by atoms with Crippen molar-refractivity contribution in [3.63, 3.8) is 0 Å². The summed E-state index contributed by atoms with van der Waals surface area (Å²) < 4.78 is 10.8. The molecule has 4 rings (SSSR count). The van der Waals surface area contributed by atoms with Crippen LogP contribution in [0, 0.1) is 0 Å². The Bertz CT molecular complexity index is 900. The fraction of sp³-hybridized carbons (Fsp3) is 0.375. The molecule has 1 fully saturated rings. The summed E-state index contributed by atoms with van der Waals surface area (Å²) >= 11 is 0. The summed E-state index contributed by atoms with van der Waals surface area (Å²) in [6, 6.07) is 15.8. The van der Waals surface area contributed by atoms with Gasteiger partial charge in [-0.05, 0) is 18.7 Å². The molecule has 2 aliphatic heterocycles. The lowest BCUT2D eigenvalue weighted by Crippen LogP contribution is -2.57. The van der Waals surface area contributed by atoms with Crippen molar-refractivity contribution in [2.75, 3.05) is 45.3 Å². The van der Waals surface area contributed by atoms with Crippen LogP contribution in [-0.4, -0.2) is 57.2 Å². The fourth-order valence-corrected chi connectivity index (χ4v) is 4.32. The Kier molecular flexibility index (Phi) is 5.57. The molecule has 0 radical (unpaired) electrons. The van der Waals surface area contributed by atoms with E-state index in [-0.39, 0.29) is 17.4 Å². The number of anilines is 1. The van der Waals surface area contributed by atoms with Crippen LogP contribution < -0.4 is 19.7 Å². The second-order valence-corrected chi connectivity index (χ2v) is 7.96. The van der Waals surface area contributed by atoms with Gasteiger partial charge in [-0.3, -0.25) is 4.79 Å². The van der Waals surface area contributed by atoms with Gasteiger partial charge in [-0.1, -0.05) is 36.4 Å². The SMILES string of the molecule is COc1cc(OC)cc(N2CCN(C(=O)C3NC=CC3(C)c3ccccc3)CC2)c1. The third kappa shape index (κ3) is 3.70. The van der Waals surface area contributed by atoms with Crippen molar-refractivity contribution < 1.29 is 14.3 Å². The molecular weight excluding hydrogens is 378 g/mol. The number of piperazine rings is 1. The summed E-state index contributed by atoms with van der Waals surface area (Å²) in [5.41, 5.74) is 1.84. The topological polar surface area (TPSA) is 54.0 Å². The number of ether oxygens (including phenoxy) is 2. The van der Waals surface area contributed by atoms with E-state index >= 15 is 0 Å². The first kappa shape index (κ1) is 20.1. The smallest absolute Gasteiger partial charge is 0.246 e. The molecule has 2 atom stereocenters. The number of benzene rings is 2. The highest BCUT2D eigenvalue weighted by molar-refractivity contribution is 5.85. The normalized spacial score (nSPS) is 23.2. The van der Waals surface area contributed by atoms with Gasteiger partial charge >= 0.3 is 0 Å². The van der Waals surface area contributed by atoms with Crippen LogP contribution in [0.3, 0.4) is 0 Å². The number of nitrogens with zero attached hydrogens (tertiary/aromatic N) is 2. The summed E-state index contributed by atoms with van der Waals surface area (Å²) in [6.07, 6.45) is 4.01. The van der Waals surface area contributed by atoms with Crippen molar-refractivity contribution in [2.24, 2.45) is 0 Å². The van der Waals surface area contributed by atoms with Crippen LogP contribution >= 0.6 is 0 Å². The standard InChI is InChI=1S/C24H29N3O3/c1-24(18-7-5-4-6-8-18)9-10-25-22(24)23(28)27-13-11-26(12-14-27)19-15-20(29-2)17-21(16-19)30-3/h4-10,15-17,22,25H,11-14H2,1-3H3. The Morgan fingerprint density at radius 1 is 1.00 bits per heavy atom. The molecule has 1 amide bonds. The molecule has 0 saturated carbocycles. The van der Waals surface area contributed by atoms with E-state index in [4.69, 9.17) is 9.47 Å². The minimum atomic E-state index is -0.352. The highest BCUT2D eigenvalue weighted by atomic mass is 16.5. The van der Waals surface area contributed by atoms with Crippen molar-refractivity contribution in [1.29, 1.82) is 0 Å². The van der Waals surface area contributed by atoms with Crippen LogP contribution in [0.15, 0.2) is 60.8 Å². The van der Waals surface area contributed by atoms with Crippen LogP contribution in [0.4, 0.5) is 5.69 Å². The molecule has 6 nitrogen and oxygen atoms in total. The van der Waals surface area contributed by atoms with Gasteiger partial charge in [0.15, 0.2) is 0 Å². The third-order valence-electron chi connectivity index (χ3n) is 6.23. The average Bonchev–Trinajstić information content (AvgIpc) is 3.21. The van der Waals surface area contributed by atoms with Gasteiger partial charge in [-0.15, -0.1) is 0 Å². The molecule has 0 bridgehead atoms. The minimum Gasteiger partial charge on any atom is -0.497 e. The van der Waals surface area contributed by atoms with Gasteiger partial charge in [0.2, 0.25) is 5.91 Å². The number of hydrogen-bond acceptors (Lipinski definition) is 5. The number of carbonyl (C=O) groups is 1. The predicted molar refractivity (Wildman–Crippen MR) is 118 cm³/mol. The van der Waals surface area contributed by atoms with E-state index < -0.39 is 0 Å². The highest BCUT2D eigenvalue weighted by Crippen LogP contribution is 2.34. The van der Waals surface area contributed by atoms with Crippen LogP contribution in [0.25, 0.3) is 0 Å². The second kappa shape index (κ2) is 8.30. The van der Waals surface area contributed by atoms with Gasteiger partial charge < -0.3 is 24.6 Å². The van der Waals surface area contributed by atoms with Crippen molar-refractivity contribution in [3.05, 3.63) is 66.4 Å². The molecule has 2 aromatic rings. The van der Waals surface area contributed by atoms with Gasteiger partial charge in [0.05, 0.1) is 14.2 Å². The van der Waals surface area contributed by atoms with E-state index in [9.17, 15) is 4.79 Å². The molecular formula is C24H29N3O3. The molecule has 0 spiro atoms. The molecule has 2 heterocycles. The Morgan fingerprint density at radius 2 is 1.63 bits per heavy atom. The van der Waals surface area contributed by atoms with Crippen molar-refractivity contribution in [2.45, 2.75) is 18.4 Å². The summed E-state index contributed by atoms with van der Waals surface area (Å²) in [4.78, 5) is 17.6. The van der Waals surface area contributed by atoms with Crippen LogP contribution in [-0.2, 0) is 10.2 Å². The Balaban J connectivity index is 1.45. The van der Waals surface area contributed by atoms with Crippen molar-refractivity contribution >= 4 is 11.6 Å². The first-order valence-corrected chi connectivity index (χ1v) is 10.3. The Labute approximate surface area is 178 Å². The van der Waals surface area contributed by atoms with Crippen molar-refractivity contribution in [1.82, 2.24) is 10.2 Å². The quantitative estimate of drug-likeness (QED) is 0.826. The molecule has 158 valence electrons. The summed E-state index contributed by atoms with van der Waals surface area (Å²) in [6.45, 7) is 5.03. The lowest BCUT2D eigenvalue weighted by atomic mass is 9.77. The minimum absolute atomic E-state index is 0.147. The zero-order valence-electron chi connectivity index (χ0n) is 17.8. The van der Waals surface area contributed by atoms with Crippen LogP contribution in [0.1, 0.15) is 12.5 Å². The summed E-state index contributed by atoms with van der Waals surface area (Å²) in [5, 5.41) is 3.30. The number of methoxy groups -OCH3 is 2. The molecule has 0 aromatic heterocycles.